The van der Waals surface area contributed by atoms with Gasteiger partial charge >= 0.3 is 0 Å². The number of hydrogen-bond acceptors (Lipinski definition) is 3. The van der Waals surface area contributed by atoms with Gasteiger partial charge in [0.05, 0.1) is 25.6 Å². The van der Waals surface area contributed by atoms with Gasteiger partial charge in [-0.3, -0.25) is 4.79 Å². The summed E-state index contributed by atoms with van der Waals surface area (Å²) in [4.78, 5) is 14.1. The van der Waals surface area contributed by atoms with Crippen LogP contribution in [0.25, 0.3) is 0 Å². The van der Waals surface area contributed by atoms with Crippen molar-refractivity contribution in [3.8, 4) is 0 Å². The Morgan fingerprint density at radius 3 is 2.55 bits per heavy atom. The Balaban J connectivity index is 1.57. The number of rotatable bonds is 5. The van der Waals surface area contributed by atoms with Gasteiger partial charge in [0.1, 0.15) is 6.33 Å². The van der Waals surface area contributed by atoms with Crippen LogP contribution in [0, 0.1) is 0 Å². The van der Waals surface area contributed by atoms with Gasteiger partial charge in [0.25, 0.3) is 5.92 Å². The lowest BCUT2D eigenvalue weighted by molar-refractivity contribution is -0.132. The molecule has 0 spiro atoms. The molecule has 0 radical (unpaired) electrons. The van der Waals surface area contributed by atoms with Crippen LogP contribution >= 0.6 is 11.6 Å². The number of benzene rings is 2. The number of hydrogen-bond donors (Lipinski definition) is 0. The molecule has 29 heavy (non-hydrogen) atoms. The van der Waals surface area contributed by atoms with Crippen molar-refractivity contribution in [2.45, 2.75) is 31.4 Å². The van der Waals surface area contributed by atoms with Crippen molar-refractivity contribution in [2.75, 3.05) is 6.54 Å². The Hall–Kier alpha value is -2.80. The number of nitrogens with zero attached hydrogens (tertiary/aromatic N) is 4. The van der Waals surface area contributed by atoms with Crippen LogP contribution < -0.4 is 0 Å². The predicted octanol–water partition coefficient (Wildman–Crippen LogP) is 4.13. The van der Waals surface area contributed by atoms with E-state index < -0.39 is 24.9 Å². The number of halogens is 3. The average molecular weight is 417 g/mol. The Morgan fingerprint density at radius 2 is 1.83 bits per heavy atom. The molecule has 5 nitrogen and oxygen atoms in total. The standard InChI is InChI=1S/C21H19ClF2N4O/c22-17-8-6-15(7-9-17)10-19(29)28-13-21(23,24)11-18(28)20-26-25-14-27(20)12-16-4-2-1-3-5-16/h1-9,14,18H,10-13H2/t18-/m0/s1. The second kappa shape index (κ2) is 7.91. The topological polar surface area (TPSA) is 51.0 Å². The number of aromatic nitrogens is 3. The maximum Gasteiger partial charge on any atom is 0.267 e. The molecule has 2 aromatic carbocycles. The Morgan fingerprint density at radius 1 is 1.10 bits per heavy atom. The fraction of sp³-hybridized carbons (Fsp3) is 0.286. The van der Waals surface area contributed by atoms with E-state index in [0.29, 0.717) is 17.4 Å². The van der Waals surface area contributed by atoms with E-state index in [1.807, 2.05) is 30.3 Å². The van der Waals surface area contributed by atoms with Crippen molar-refractivity contribution in [1.29, 1.82) is 0 Å². The molecule has 0 unspecified atom stereocenters. The molecule has 0 N–H and O–H groups in total. The van der Waals surface area contributed by atoms with Gasteiger partial charge in [0, 0.05) is 11.4 Å². The van der Waals surface area contributed by atoms with Crippen LogP contribution in [0.1, 0.15) is 29.4 Å². The van der Waals surface area contributed by atoms with Crippen LogP contribution in [0.4, 0.5) is 8.78 Å². The largest absolute Gasteiger partial charge is 0.326 e. The van der Waals surface area contributed by atoms with Gasteiger partial charge in [-0.25, -0.2) is 8.78 Å². The van der Waals surface area contributed by atoms with Crippen molar-refractivity contribution in [3.05, 3.63) is 82.9 Å². The fourth-order valence-electron chi connectivity index (χ4n) is 3.61. The molecule has 150 valence electrons. The normalized spacial score (nSPS) is 18.2. The molecule has 1 amide bonds. The van der Waals surface area contributed by atoms with Crippen molar-refractivity contribution in [1.82, 2.24) is 19.7 Å². The minimum absolute atomic E-state index is 0.0244. The van der Waals surface area contributed by atoms with Gasteiger partial charge < -0.3 is 9.47 Å². The van der Waals surface area contributed by atoms with E-state index in [-0.39, 0.29) is 12.3 Å². The minimum atomic E-state index is -2.97. The number of likely N-dealkylation sites (tertiary alicyclic amines) is 1. The molecule has 1 aliphatic heterocycles. The van der Waals surface area contributed by atoms with Gasteiger partial charge in [0.2, 0.25) is 5.91 Å². The Bertz CT molecular complexity index is 991. The highest BCUT2D eigenvalue weighted by Gasteiger charge is 2.49. The van der Waals surface area contributed by atoms with E-state index >= 15 is 0 Å². The van der Waals surface area contributed by atoms with Gasteiger partial charge in [-0.15, -0.1) is 10.2 Å². The monoisotopic (exact) mass is 416 g/mol. The zero-order chi connectivity index (χ0) is 20.4. The maximum atomic E-state index is 14.3. The summed E-state index contributed by atoms with van der Waals surface area (Å²) in [5.74, 6) is -2.97. The number of carbonyl (C=O) groups is 1. The summed E-state index contributed by atoms with van der Waals surface area (Å²) in [6, 6.07) is 15.6. The van der Waals surface area contributed by atoms with Crippen molar-refractivity contribution < 1.29 is 13.6 Å². The molecular formula is C21H19ClF2N4O. The number of amides is 1. The molecule has 1 saturated heterocycles. The molecular weight excluding hydrogens is 398 g/mol. The second-order valence-corrected chi connectivity index (χ2v) is 7.64. The van der Waals surface area contributed by atoms with E-state index in [0.717, 1.165) is 11.1 Å². The third-order valence-corrected chi connectivity index (χ3v) is 5.25. The zero-order valence-corrected chi connectivity index (χ0v) is 16.3. The van der Waals surface area contributed by atoms with Crippen LogP contribution in [-0.4, -0.2) is 38.0 Å². The molecule has 8 heteroatoms. The Labute approximate surface area is 171 Å². The van der Waals surface area contributed by atoms with E-state index in [4.69, 9.17) is 11.6 Å². The third kappa shape index (κ3) is 4.45. The fourth-order valence-corrected chi connectivity index (χ4v) is 3.74. The molecule has 0 saturated carbocycles. The second-order valence-electron chi connectivity index (χ2n) is 7.20. The molecule has 1 aliphatic rings. The van der Waals surface area contributed by atoms with Crippen molar-refractivity contribution in [2.24, 2.45) is 0 Å². The third-order valence-electron chi connectivity index (χ3n) is 5.00. The quantitative estimate of drug-likeness (QED) is 0.628. The lowest BCUT2D eigenvalue weighted by Gasteiger charge is -2.24. The first-order chi connectivity index (χ1) is 13.9. The number of carbonyl (C=O) groups excluding carboxylic acids is 1. The van der Waals surface area contributed by atoms with Gasteiger partial charge in [-0.05, 0) is 23.3 Å². The SMILES string of the molecule is O=C(Cc1ccc(Cl)cc1)N1CC(F)(F)C[C@H]1c1nncn1Cc1ccccc1. The van der Waals surface area contributed by atoms with Crippen LogP contribution in [0.15, 0.2) is 60.9 Å². The van der Waals surface area contributed by atoms with Crippen molar-refractivity contribution >= 4 is 17.5 Å². The van der Waals surface area contributed by atoms with Crippen LogP contribution in [0.3, 0.4) is 0 Å². The summed E-state index contributed by atoms with van der Waals surface area (Å²) in [6.45, 7) is -0.174. The summed E-state index contributed by atoms with van der Waals surface area (Å²) in [5.41, 5.74) is 1.72. The van der Waals surface area contributed by atoms with Crippen LogP contribution in [-0.2, 0) is 17.8 Å². The van der Waals surface area contributed by atoms with E-state index in [2.05, 4.69) is 10.2 Å². The molecule has 1 fully saturated rings. The highest BCUT2D eigenvalue weighted by atomic mass is 35.5. The highest BCUT2D eigenvalue weighted by Crippen LogP contribution is 2.40. The first kappa shape index (κ1) is 19.5. The smallest absolute Gasteiger partial charge is 0.267 e. The molecule has 2 heterocycles. The lowest BCUT2D eigenvalue weighted by atomic mass is 10.1. The zero-order valence-electron chi connectivity index (χ0n) is 15.5. The molecule has 0 bridgehead atoms. The first-order valence-corrected chi connectivity index (χ1v) is 9.62. The first-order valence-electron chi connectivity index (χ1n) is 9.25. The molecule has 3 aromatic rings. The summed E-state index contributed by atoms with van der Waals surface area (Å²) in [6.07, 6.45) is 1.07. The number of alkyl halides is 2. The van der Waals surface area contributed by atoms with E-state index in [9.17, 15) is 13.6 Å². The molecule has 0 aliphatic carbocycles. The predicted molar refractivity (Wildman–Crippen MR) is 105 cm³/mol. The average Bonchev–Trinajstić information content (AvgIpc) is 3.27. The summed E-state index contributed by atoms with van der Waals surface area (Å²) in [7, 11) is 0. The summed E-state index contributed by atoms with van der Waals surface area (Å²) < 4.78 is 30.3. The highest BCUT2D eigenvalue weighted by molar-refractivity contribution is 6.30. The molecule has 1 atom stereocenters. The van der Waals surface area contributed by atoms with Gasteiger partial charge in [-0.2, -0.15) is 0 Å². The lowest BCUT2D eigenvalue weighted by Crippen LogP contribution is -2.35. The van der Waals surface area contributed by atoms with E-state index in [1.165, 1.54) is 11.2 Å². The minimum Gasteiger partial charge on any atom is -0.326 e. The molecule has 1 aromatic heterocycles. The Kier molecular flexibility index (Phi) is 5.32. The maximum absolute atomic E-state index is 14.3. The van der Waals surface area contributed by atoms with E-state index in [1.54, 1.807) is 28.8 Å². The summed E-state index contributed by atoms with van der Waals surface area (Å²) in [5, 5.41) is 8.55. The van der Waals surface area contributed by atoms with Crippen LogP contribution in [0.5, 0.6) is 0 Å². The van der Waals surface area contributed by atoms with Gasteiger partial charge in [0.15, 0.2) is 5.82 Å². The van der Waals surface area contributed by atoms with Crippen molar-refractivity contribution in [3.63, 3.8) is 0 Å². The summed E-state index contributed by atoms with van der Waals surface area (Å²) >= 11 is 5.87. The molecule has 4 rings (SSSR count). The van der Waals surface area contributed by atoms with Gasteiger partial charge in [-0.1, -0.05) is 54.1 Å². The van der Waals surface area contributed by atoms with Crippen LogP contribution in [0.2, 0.25) is 5.02 Å².